The summed E-state index contributed by atoms with van der Waals surface area (Å²) < 4.78 is 0.813. The molecule has 80 valence electrons. The lowest BCUT2D eigenvalue weighted by Crippen LogP contribution is -2.34. The first kappa shape index (κ1) is 12.2. The van der Waals surface area contributed by atoms with E-state index in [-0.39, 0.29) is 11.9 Å². The molecule has 1 atom stereocenters. The SMILES string of the molecule is C[C@H](CC#N)N(C)C(=O)c1sccc1Br. The molecule has 1 aromatic rings. The number of amides is 1. The molecule has 0 aliphatic carbocycles. The minimum absolute atomic E-state index is 0.0420. The molecule has 0 unspecified atom stereocenters. The Balaban J connectivity index is 2.78. The Morgan fingerprint density at radius 2 is 2.47 bits per heavy atom. The van der Waals surface area contributed by atoms with Crippen LogP contribution >= 0.6 is 27.3 Å². The van der Waals surface area contributed by atoms with Gasteiger partial charge in [0.1, 0.15) is 4.88 Å². The Labute approximate surface area is 101 Å². The van der Waals surface area contributed by atoms with Crippen LogP contribution < -0.4 is 0 Å². The normalized spacial score (nSPS) is 11.9. The van der Waals surface area contributed by atoms with Gasteiger partial charge < -0.3 is 4.90 Å². The first-order valence-corrected chi connectivity index (χ1v) is 6.12. The number of hydrogen-bond acceptors (Lipinski definition) is 3. The first-order valence-electron chi connectivity index (χ1n) is 4.45. The molecule has 0 saturated heterocycles. The monoisotopic (exact) mass is 286 g/mol. The van der Waals surface area contributed by atoms with E-state index in [9.17, 15) is 4.79 Å². The van der Waals surface area contributed by atoms with Crippen LogP contribution in [-0.4, -0.2) is 23.9 Å². The maximum absolute atomic E-state index is 11.9. The molecular formula is C10H11BrN2OS. The molecule has 0 aliphatic rings. The van der Waals surface area contributed by atoms with E-state index in [1.807, 2.05) is 18.4 Å². The molecule has 0 aliphatic heterocycles. The third kappa shape index (κ3) is 2.80. The predicted octanol–water partition coefficient (Wildman–Crippen LogP) is 2.88. The molecule has 5 heteroatoms. The Bertz CT molecular complexity index is 396. The van der Waals surface area contributed by atoms with Gasteiger partial charge in [0.15, 0.2) is 0 Å². The first-order chi connectivity index (χ1) is 7.07. The van der Waals surface area contributed by atoms with Crippen LogP contribution in [0.5, 0.6) is 0 Å². The average molecular weight is 287 g/mol. The molecule has 0 spiro atoms. The topological polar surface area (TPSA) is 44.1 Å². The van der Waals surface area contributed by atoms with Crippen LogP contribution in [0.3, 0.4) is 0 Å². The van der Waals surface area contributed by atoms with E-state index in [1.165, 1.54) is 11.3 Å². The summed E-state index contributed by atoms with van der Waals surface area (Å²) in [6, 6.07) is 3.85. The third-order valence-corrected chi connectivity index (χ3v) is 4.01. The largest absolute Gasteiger partial charge is 0.337 e. The molecule has 0 aromatic carbocycles. The molecule has 1 rings (SSSR count). The molecule has 3 nitrogen and oxygen atoms in total. The Kier molecular flexibility index (Phi) is 4.30. The van der Waals surface area contributed by atoms with Crippen molar-refractivity contribution in [2.24, 2.45) is 0 Å². The van der Waals surface area contributed by atoms with Crippen LogP contribution in [0.2, 0.25) is 0 Å². The van der Waals surface area contributed by atoms with Crippen LogP contribution in [0.15, 0.2) is 15.9 Å². The Morgan fingerprint density at radius 3 is 2.93 bits per heavy atom. The van der Waals surface area contributed by atoms with Crippen molar-refractivity contribution in [2.45, 2.75) is 19.4 Å². The van der Waals surface area contributed by atoms with Gasteiger partial charge in [0.05, 0.1) is 12.5 Å². The Hall–Kier alpha value is -0.860. The summed E-state index contributed by atoms with van der Waals surface area (Å²) in [6.45, 7) is 1.86. The minimum Gasteiger partial charge on any atom is -0.337 e. The van der Waals surface area contributed by atoms with Gasteiger partial charge in [0.25, 0.3) is 5.91 Å². The van der Waals surface area contributed by atoms with Crippen LogP contribution in [-0.2, 0) is 0 Å². The van der Waals surface area contributed by atoms with E-state index in [0.717, 1.165) is 4.47 Å². The lowest BCUT2D eigenvalue weighted by atomic mass is 10.2. The van der Waals surface area contributed by atoms with Crippen molar-refractivity contribution in [3.8, 4) is 6.07 Å². The van der Waals surface area contributed by atoms with Crippen molar-refractivity contribution >= 4 is 33.2 Å². The van der Waals surface area contributed by atoms with Crippen molar-refractivity contribution in [3.63, 3.8) is 0 Å². The number of thiophene rings is 1. The van der Waals surface area contributed by atoms with Crippen molar-refractivity contribution < 1.29 is 4.79 Å². The second-order valence-corrected chi connectivity index (χ2v) is 5.00. The smallest absolute Gasteiger partial charge is 0.265 e. The molecular weight excluding hydrogens is 276 g/mol. The molecule has 1 aromatic heterocycles. The van der Waals surface area contributed by atoms with E-state index in [1.54, 1.807) is 11.9 Å². The number of nitriles is 1. The van der Waals surface area contributed by atoms with Crippen molar-refractivity contribution in [2.75, 3.05) is 7.05 Å². The predicted molar refractivity (Wildman–Crippen MR) is 63.8 cm³/mol. The van der Waals surface area contributed by atoms with Crippen LogP contribution in [0.1, 0.15) is 23.0 Å². The van der Waals surface area contributed by atoms with E-state index < -0.39 is 0 Å². The average Bonchev–Trinajstić information content (AvgIpc) is 2.62. The zero-order chi connectivity index (χ0) is 11.4. The maximum Gasteiger partial charge on any atom is 0.265 e. The number of hydrogen-bond donors (Lipinski definition) is 0. The van der Waals surface area contributed by atoms with E-state index in [0.29, 0.717) is 11.3 Å². The van der Waals surface area contributed by atoms with E-state index >= 15 is 0 Å². The second kappa shape index (κ2) is 5.29. The summed E-state index contributed by atoms with van der Waals surface area (Å²) in [5, 5.41) is 10.4. The summed E-state index contributed by atoms with van der Waals surface area (Å²) >= 11 is 4.72. The number of rotatable bonds is 3. The summed E-state index contributed by atoms with van der Waals surface area (Å²) in [4.78, 5) is 14.2. The molecule has 0 fully saturated rings. The fraction of sp³-hybridized carbons (Fsp3) is 0.400. The fourth-order valence-electron chi connectivity index (χ4n) is 1.08. The van der Waals surface area contributed by atoms with Gasteiger partial charge in [-0.3, -0.25) is 4.79 Å². The highest BCUT2D eigenvalue weighted by atomic mass is 79.9. The minimum atomic E-state index is -0.0588. The van der Waals surface area contributed by atoms with Gasteiger partial charge in [-0.05, 0) is 34.3 Å². The highest BCUT2D eigenvalue weighted by molar-refractivity contribution is 9.10. The van der Waals surface area contributed by atoms with Crippen LogP contribution in [0.4, 0.5) is 0 Å². The molecule has 15 heavy (non-hydrogen) atoms. The third-order valence-electron chi connectivity index (χ3n) is 2.18. The van der Waals surface area contributed by atoms with E-state index in [2.05, 4.69) is 22.0 Å². The molecule has 1 amide bonds. The van der Waals surface area contributed by atoms with Gasteiger partial charge in [0, 0.05) is 17.6 Å². The quantitative estimate of drug-likeness (QED) is 0.858. The number of halogens is 1. The highest BCUT2D eigenvalue weighted by Crippen LogP contribution is 2.24. The lowest BCUT2D eigenvalue weighted by Gasteiger charge is -2.22. The van der Waals surface area contributed by atoms with Crippen molar-refractivity contribution in [1.29, 1.82) is 5.26 Å². The molecule has 0 bridgehead atoms. The van der Waals surface area contributed by atoms with Crippen molar-refractivity contribution in [1.82, 2.24) is 4.90 Å². The number of nitrogens with zero attached hydrogens (tertiary/aromatic N) is 2. The van der Waals surface area contributed by atoms with Gasteiger partial charge in [0.2, 0.25) is 0 Å². The van der Waals surface area contributed by atoms with Gasteiger partial charge >= 0.3 is 0 Å². The summed E-state index contributed by atoms with van der Waals surface area (Å²) in [6.07, 6.45) is 0.352. The maximum atomic E-state index is 11.9. The van der Waals surface area contributed by atoms with E-state index in [4.69, 9.17) is 5.26 Å². The molecule has 0 saturated carbocycles. The summed E-state index contributed by atoms with van der Waals surface area (Å²) in [5.41, 5.74) is 0. The second-order valence-electron chi connectivity index (χ2n) is 3.22. The molecule has 1 heterocycles. The standard InChI is InChI=1S/C10H11BrN2OS/c1-7(3-5-12)13(2)10(14)9-8(11)4-6-15-9/h4,6-7H,3H2,1-2H3/t7-/m1/s1. The molecule has 0 N–H and O–H groups in total. The molecule has 0 radical (unpaired) electrons. The zero-order valence-corrected chi connectivity index (χ0v) is 10.9. The highest BCUT2D eigenvalue weighted by Gasteiger charge is 2.20. The van der Waals surface area contributed by atoms with Gasteiger partial charge in [-0.25, -0.2) is 0 Å². The van der Waals surface area contributed by atoms with Gasteiger partial charge in [-0.1, -0.05) is 0 Å². The summed E-state index contributed by atoms with van der Waals surface area (Å²) in [7, 11) is 1.72. The summed E-state index contributed by atoms with van der Waals surface area (Å²) in [5.74, 6) is -0.0420. The lowest BCUT2D eigenvalue weighted by molar-refractivity contribution is 0.0750. The van der Waals surface area contributed by atoms with Crippen molar-refractivity contribution in [3.05, 3.63) is 20.8 Å². The van der Waals surface area contributed by atoms with Crippen LogP contribution in [0.25, 0.3) is 0 Å². The zero-order valence-electron chi connectivity index (χ0n) is 8.53. The number of carbonyl (C=O) groups excluding carboxylic acids is 1. The number of carbonyl (C=O) groups is 1. The Morgan fingerprint density at radius 1 is 1.80 bits per heavy atom. The van der Waals surface area contributed by atoms with Gasteiger partial charge in [-0.15, -0.1) is 11.3 Å². The van der Waals surface area contributed by atoms with Gasteiger partial charge in [-0.2, -0.15) is 5.26 Å². The fourth-order valence-corrected chi connectivity index (χ4v) is 2.60. The van der Waals surface area contributed by atoms with Crippen LogP contribution in [0, 0.1) is 11.3 Å².